The zero-order valence-corrected chi connectivity index (χ0v) is 8.09. The molecular weight excluding hydrogens is 160 g/mol. The lowest BCUT2D eigenvalue weighted by Crippen LogP contribution is -1.90. The summed E-state index contributed by atoms with van der Waals surface area (Å²) >= 11 is 0. The number of hydrogen-bond donors (Lipinski definition) is 1. The highest BCUT2D eigenvalue weighted by Crippen LogP contribution is 2.14. The summed E-state index contributed by atoms with van der Waals surface area (Å²) in [6.45, 7) is 6.16. The monoisotopic (exact) mass is 176 g/mol. The Morgan fingerprint density at radius 3 is 2.85 bits per heavy atom. The van der Waals surface area contributed by atoms with Gasteiger partial charge in [-0.2, -0.15) is 0 Å². The molecule has 0 heterocycles. The molecule has 1 N–H and O–H groups in total. The summed E-state index contributed by atoms with van der Waals surface area (Å²) in [5, 5.41) is 8.69. The van der Waals surface area contributed by atoms with Crippen molar-refractivity contribution in [3.63, 3.8) is 0 Å². The molecule has 0 aromatic heterocycles. The van der Waals surface area contributed by atoms with Crippen LogP contribution in [-0.2, 0) is 6.42 Å². The molecule has 0 atom stereocenters. The fourth-order valence-corrected chi connectivity index (χ4v) is 1.28. The molecule has 1 aromatic carbocycles. The van der Waals surface area contributed by atoms with Gasteiger partial charge in [-0.1, -0.05) is 36.4 Å². The number of hydrogen-bond acceptors (Lipinski definition) is 1. The van der Waals surface area contributed by atoms with Crippen molar-refractivity contribution in [2.24, 2.45) is 0 Å². The molecule has 1 aromatic rings. The number of rotatable bonds is 4. The minimum Gasteiger partial charge on any atom is -0.396 e. The van der Waals surface area contributed by atoms with E-state index in [4.69, 9.17) is 5.11 Å². The third kappa shape index (κ3) is 3.03. The van der Waals surface area contributed by atoms with Gasteiger partial charge >= 0.3 is 0 Å². The first kappa shape index (κ1) is 10.0. The highest BCUT2D eigenvalue weighted by molar-refractivity contribution is 5.61. The topological polar surface area (TPSA) is 20.2 Å². The van der Waals surface area contributed by atoms with Crippen LogP contribution in [-0.4, -0.2) is 11.7 Å². The van der Waals surface area contributed by atoms with Crippen molar-refractivity contribution in [1.82, 2.24) is 0 Å². The summed E-state index contributed by atoms with van der Waals surface area (Å²) in [6.07, 6.45) is 1.78. The van der Waals surface area contributed by atoms with Gasteiger partial charge < -0.3 is 5.11 Å². The van der Waals surface area contributed by atoms with Crippen molar-refractivity contribution < 1.29 is 5.11 Å². The van der Waals surface area contributed by atoms with Crippen LogP contribution in [0.3, 0.4) is 0 Å². The van der Waals surface area contributed by atoms with Crippen LogP contribution in [0.1, 0.15) is 24.5 Å². The molecular formula is C12H16O. The average molecular weight is 176 g/mol. The van der Waals surface area contributed by atoms with Gasteiger partial charge in [0, 0.05) is 6.61 Å². The predicted octanol–water partition coefficient (Wildman–Crippen LogP) is 2.64. The van der Waals surface area contributed by atoms with Gasteiger partial charge in [-0.15, -0.1) is 0 Å². The Balaban J connectivity index is 2.73. The average Bonchev–Trinajstić information content (AvgIpc) is 2.15. The molecule has 0 amide bonds. The summed E-state index contributed by atoms with van der Waals surface area (Å²) in [6, 6.07) is 8.32. The summed E-state index contributed by atoms with van der Waals surface area (Å²) in [5.41, 5.74) is 3.55. The van der Waals surface area contributed by atoms with Crippen molar-refractivity contribution in [3.05, 3.63) is 42.0 Å². The minimum atomic E-state index is 0.261. The van der Waals surface area contributed by atoms with E-state index in [-0.39, 0.29) is 6.61 Å². The quantitative estimate of drug-likeness (QED) is 0.747. The van der Waals surface area contributed by atoms with Crippen LogP contribution in [0.25, 0.3) is 5.57 Å². The zero-order chi connectivity index (χ0) is 9.68. The molecule has 0 spiro atoms. The van der Waals surface area contributed by atoms with Crippen LogP contribution >= 0.6 is 0 Å². The third-order valence-electron chi connectivity index (χ3n) is 2.04. The lowest BCUT2D eigenvalue weighted by molar-refractivity contribution is 0.288. The summed E-state index contributed by atoms with van der Waals surface area (Å²) < 4.78 is 0. The molecule has 13 heavy (non-hydrogen) atoms. The van der Waals surface area contributed by atoms with Crippen LogP contribution in [0, 0.1) is 0 Å². The summed E-state index contributed by atoms with van der Waals surface area (Å²) in [5.74, 6) is 0. The Bertz CT molecular complexity index is 289. The fraction of sp³-hybridized carbons (Fsp3) is 0.333. The normalized spacial score (nSPS) is 10.0. The number of benzene rings is 1. The lowest BCUT2D eigenvalue weighted by atomic mass is 10.0. The number of aryl methyl sites for hydroxylation is 1. The van der Waals surface area contributed by atoms with Gasteiger partial charge in [0.05, 0.1) is 0 Å². The van der Waals surface area contributed by atoms with Crippen molar-refractivity contribution in [3.8, 4) is 0 Å². The van der Waals surface area contributed by atoms with Crippen molar-refractivity contribution in [1.29, 1.82) is 0 Å². The van der Waals surface area contributed by atoms with E-state index in [1.54, 1.807) is 0 Å². The first-order valence-electron chi connectivity index (χ1n) is 4.59. The van der Waals surface area contributed by atoms with E-state index >= 15 is 0 Å². The Kier molecular flexibility index (Phi) is 3.71. The molecule has 0 aliphatic carbocycles. The Morgan fingerprint density at radius 1 is 1.46 bits per heavy atom. The van der Waals surface area contributed by atoms with Crippen LogP contribution in [0.4, 0.5) is 0 Å². The van der Waals surface area contributed by atoms with Crippen LogP contribution < -0.4 is 0 Å². The second-order valence-corrected chi connectivity index (χ2v) is 3.31. The first-order valence-corrected chi connectivity index (χ1v) is 4.59. The minimum absolute atomic E-state index is 0.261. The largest absolute Gasteiger partial charge is 0.396 e. The first-order chi connectivity index (χ1) is 6.24. The van der Waals surface area contributed by atoms with Crippen molar-refractivity contribution in [2.75, 3.05) is 6.61 Å². The van der Waals surface area contributed by atoms with Crippen molar-refractivity contribution >= 4 is 5.57 Å². The summed E-state index contributed by atoms with van der Waals surface area (Å²) in [4.78, 5) is 0. The third-order valence-corrected chi connectivity index (χ3v) is 2.04. The number of aliphatic hydroxyl groups excluding tert-OH is 1. The molecule has 70 valence electrons. The van der Waals surface area contributed by atoms with E-state index in [9.17, 15) is 0 Å². The van der Waals surface area contributed by atoms with Gasteiger partial charge in [0.25, 0.3) is 0 Å². The maximum atomic E-state index is 8.69. The fourth-order valence-electron chi connectivity index (χ4n) is 1.28. The van der Waals surface area contributed by atoms with E-state index in [1.165, 1.54) is 11.1 Å². The molecule has 0 aliphatic heterocycles. The van der Waals surface area contributed by atoms with E-state index < -0.39 is 0 Å². The van der Waals surface area contributed by atoms with E-state index in [1.807, 2.05) is 13.0 Å². The van der Waals surface area contributed by atoms with Gasteiger partial charge in [0.1, 0.15) is 0 Å². The lowest BCUT2D eigenvalue weighted by Gasteiger charge is -2.03. The van der Waals surface area contributed by atoms with Gasteiger partial charge in [0.15, 0.2) is 0 Å². The number of aliphatic hydroxyl groups is 1. The predicted molar refractivity (Wildman–Crippen MR) is 56.6 cm³/mol. The molecule has 0 radical (unpaired) electrons. The summed E-state index contributed by atoms with van der Waals surface area (Å²) in [7, 11) is 0. The molecule has 0 saturated heterocycles. The molecule has 0 unspecified atom stereocenters. The smallest absolute Gasteiger partial charge is 0.0434 e. The Morgan fingerprint density at radius 2 is 2.23 bits per heavy atom. The molecule has 0 fully saturated rings. The maximum absolute atomic E-state index is 8.69. The molecule has 0 bridgehead atoms. The van der Waals surface area contributed by atoms with Gasteiger partial charge in [0.2, 0.25) is 0 Å². The Hall–Kier alpha value is -1.08. The standard InChI is InChI=1S/C12H16O/c1-10(2)12-7-3-5-11(9-12)6-4-8-13/h3,5,7,9,13H,1,4,6,8H2,2H3. The van der Waals surface area contributed by atoms with Crippen LogP contribution in [0.5, 0.6) is 0 Å². The molecule has 1 heteroatoms. The van der Waals surface area contributed by atoms with E-state index in [0.717, 1.165) is 18.4 Å². The zero-order valence-electron chi connectivity index (χ0n) is 8.09. The Labute approximate surface area is 79.7 Å². The van der Waals surface area contributed by atoms with Gasteiger partial charge in [-0.05, 0) is 30.9 Å². The molecule has 0 aliphatic rings. The molecule has 1 rings (SSSR count). The number of allylic oxidation sites excluding steroid dienone is 1. The highest BCUT2D eigenvalue weighted by Gasteiger charge is 1.95. The van der Waals surface area contributed by atoms with Crippen molar-refractivity contribution in [2.45, 2.75) is 19.8 Å². The highest BCUT2D eigenvalue weighted by atomic mass is 16.2. The SMILES string of the molecule is C=C(C)c1cccc(CCCO)c1. The van der Waals surface area contributed by atoms with Gasteiger partial charge in [-0.3, -0.25) is 0 Å². The molecule has 1 nitrogen and oxygen atoms in total. The maximum Gasteiger partial charge on any atom is 0.0434 e. The second-order valence-electron chi connectivity index (χ2n) is 3.31. The second kappa shape index (κ2) is 4.83. The molecule has 0 saturated carbocycles. The van der Waals surface area contributed by atoms with Crippen LogP contribution in [0.2, 0.25) is 0 Å². The van der Waals surface area contributed by atoms with E-state index in [0.29, 0.717) is 0 Å². The van der Waals surface area contributed by atoms with E-state index in [2.05, 4.69) is 24.8 Å². The van der Waals surface area contributed by atoms with Gasteiger partial charge in [-0.25, -0.2) is 0 Å². The van der Waals surface area contributed by atoms with Crippen LogP contribution in [0.15, 0.2) is 30.8 Å².